The highest BCUT2D eigenvalue weighted by molar-refractivity contribution is 5.90. The summed E-state index contributed by atoms with van der Waals surface area (Å²) in [5.74, 6) is 0.945. The number of nitrogens with one attached hydrogen (secondary N) is 4. The summed E-state index contributed by atoms with van der Waals surface area (Å²) in [5, 5.41) is 11.5. The lowest BCUT2D eigenvalue weighted by Gasteiger charge is -2.19. The van der Waals surface area contributed by atoms with Gasteiger partial charge in [-0.3, -0.25) is 9.79 Å². The average Bonchev–Trinajstić information content (AvgIpc) is 2.55. The van der Waals surface area contributed by atoms with Crippen molar-refractivity contribution in [3.63, 3.8) is 0 Å². The number of pyridine rings is 1. The Morgan fingerprint density at radius 2 is 1.78 bits per heavy atom. The summed E-state index contributed by atoms with van der Waals surface area (Å²) in [5.41, 5.74) is 0.319. The molecule has 0 aromatic carbocycles. The van der Waals surface area contributed by atoms with Gasteiger partial charge in [0.15, 0.2) is 5.96 Å². The molecule has 150 valence electrons. The highest BCUT2D eigenvalue weighted by Gasteiger charge is 2.15. The van der Waals surface area contributed by atoms with Crippen molar-refractivity contribution in [2.24, 2.45) is 4.99 Å². The summed E-state index contributed by atoms with van der Waals surface area (Å²) in [6.07, 6.45) is -0.194. The number of hydrogen-bond donors (Lipinski definition) is 4. The third-order valence-corrected chi connectivity index (χ3v) is 3.11. The van der Waals surface area contributed by atoms with Crippen LogP contribution >= 0.6 is 0 Å². The molecular weight excluding hydrogens is 348 g/mol. The number of ether oxygens (including phenoxy) is 1. The van der Waals surface area contributed by atoms with Crippen LogP contribution in [0.3, 0.4) is 0 Å². The fourth-order valence-corrected chi connectivity index (χ4v) is 1.99. The van der Waals surface area contributed by atoms with Gasteiger partial charge in [-0.2, -0.15) is 0 Å². The Balaban J connectivity index is 2.20. The number of carbonyl (C=O) groups is 2. The smallest absolute Gasteiger partial charge is 0.407 e. The Labute approximate surface area is 160 Å². The van der Waals surface area contributed by atoms with Crippen LogP contribution in [0.5, 0.6) is 0 Å². The van der Waals surface area contributed by atoms with Crippen LogP contribution in [-0.4, -0.2) is 55.2 Å². The van der Waals surface area contributed by atoms with Crippen molar-refractivity contribution in [1.82, 2.24) is 20.9 Å². The summed E-state index contributed by atoms with van der Waals surface area (Å²) in [4.78, 5) is 31.8. The second kappa shape index (κ2) is 11.0. The zero-order valence-electron chi connectivity index (χ0n) is 16.7. The maximum Gasteiger partial charge on any atom is 0.407 e. The van der Waals surface area contributed by atoms with Crippen molar-refractivity contribution in [2.75, 3.05) is 32.0 Å². The zero-order chi connectivity index (χ0) is 20.3. The molecule has 0 saturated heterocycles. The van der Waals surface area contributed by atoms with Gasteiger partial charge in [0.05, 0.1) is 0 Å². The molecule has 0 atom stereocenters. The molecule has 1 aromatic heterocycles. The molecule has 0 spiro atoms. The van der Waals surface area contributed by atoms with Gasteiger partial charge in [-0.25, -0.2) is 9.78 Å². The molecule has 0 fully saturated rings. The SMILES string of the molecule is CN=C(NCCNC(=O)OC(C)(C)C)NCCC(=O)Nc1cccc(C)n1. The molecule has 0 aliphatic carbocycles. The van der Waals surface area contributed by atoms with Crippen LogP contribution in [0.15, 0.2) is 23.2 Å². The number of guanidine groups is 1. The van der Waals surface area contributed by atoms with Crippen LogP contribution in [0.1, 0.15) is 32.9 Å². The van der Waals surface area contributed by atoms with E-state index in [1.54, 1.807) is 13.1 Å². The molecule has 0 saturated carbocycles. The van der Waals surface area contributed by atoms with Gasteiger partial charge in [0.1, 0.15) is 11.4 Å². The molecule has 1 aromatic rings. The quantitative estimate of drug-likeness (QED) is 0.324. The van der Waals surface area contributed by atoms with E-state index in [0.29, 0.717) is 31.4 Å². The molecule has 0 bridgehead atoms. The highest BCUT2D eigenvalue weighted by atomic mass is 16.6. The molecule has 2 amide bonds. The molecule has 0 aliphatic heterocycles. The monoisotopic (exact) mass is 378 g/mol. The van der Waals surface area contributed by atoms with Crippen molar-refractivity contribution in [1.29, 1.82) is 0 Å². The first-order valence-corrected chi connectivity index (χ1v) is 8.84. The zero-order valence-corrected chi connectivity index (χ0v) is 16.7. The van der Waals surface area contributed by atoms with Crippen LogP contribution in [-0.2, 0) is 9.53 Å². The minimum absolute atomic E-state index is 0.136. The van der Waals surface area contributed by atoms with Gasteiger partial charge < -0.3 is 26.0 Å². The maximum atomic E-state index is 11.9. The van der Waals surface area contributed by atoms with E-state index >= 15 is 0 Å². The number of anilines is 1. The third kappa shape index (κ3) is 10.7. The first-order chi connectivity index (χ1) is 12.7. The van der Waals surface area contributed by atoms with E-state index in [1.165, 1.54) is 0 Å². The van der Waals surface area contributed by atoms with Crippen molar-refractivity contribution < 1.29 is 14.3 Å². The maximum absolute atomic E-state index is 11.9. The Bertz CT molecular complexity index is 655. The fourth-order valence-electron chi connectivity index (χ4n) is 1.99. The van der Waals surface area contributed by atoms with E-state index in [1.807, 2.05) is 39.8 Å². The van der Waals surface area contributed by atoms with E-state index in [2.05, 4.69) is 31.2 Å². The highest BCUT2D eigenvalue weighted by Crippen LogP contribution is 2.06. The van der Waals surface area contributed by atoms with E-state index in [4.69, 9.17) is 4.74 Å². The number of alkyl carbamates (subject to hydrolysis) is 1. The number of aromatic nitrogens is 1. The van der Waals surface area contributed by atoms with Crippen LogP contribution in [0, 0.1) is 6.92 Å². The number of amides is 2. The molecule has 1 rings (SSSR count). The number of aliphatic imine (C=N–C) groups is 1. The van der Waals surface area contributed by atoms with Crippen LogP contribution in [0.25, 0.3) is 0 Å². The number of rotatable bonds is 7. The molecule has 0 radical (unpaired) electrons. The first kappa shape index (κ1) is 22.2. The third-order valence-electron chi connectivity index (χ3n) is 3.11. The normalized spacial score (nSPS) is 11.5. The van der Waals surface area contributed by atoms with Crippen molar-refractivity contribution in [3.05, 3.63) is 23.9 Å². The Hall–Kier alpha value is -2.84. The predicted octanol–water partition coefficient (Wildman–Crippen LogP) is 1.41. The molecule has 9 heteroatoms. The number of aryl methyl sites for hydroxylation is 1. The standard InChI is InChI=1S/C18H30N6O3/c1-13-7-6-8-14(23-13)24-15(25)9-10-20-16(19-5)21-11-12-22-17(26)27-18(2,3)4/h6-8H,9-12H2,1-5H3,(H,22,26)(H2,19,20,21)(H,23,24,25). The molecular formula is C18H30N6O3. The Morgan fingerprint density at radius 3 is 2.41 bits per heavy atom. The van der Waals surface area contributed by atoms with Gasteiger partial charge in [0.2, 0.25) is 5.91 Å². The number of carbonyl (C=O) groups excluding carboxylic acids is 2. The summed E-state index contributed by atoms with van der Waals surface area (Å²) < 4.78 is 5.15. The number of hydrogen-bond acceptors (Lipinski definition) is 5. The van der Waals surface area contributed by atoms with Gasteiger partial charge in [-0.15, -0.1) is 0 Å². The molecule has 9 nitrogen and oxygen atoms in total. The predicted molar refractivity (Wildman–Crippen MR) is 106 cm³/mol. The molecule has 27 heavy (non-hydrogen) atoms. The van der Waals surface area contributed by atoms with Crippen molar-refractivity contribution >= 4 is 23.8 Å². The van der Waals surface area contributed by atoms with Crippen LogP contribution in [0.2, 0.25) is 0 Å². The largest absolute Gasteiger partial charge is 0.444 e. The summed E-state index contributed by atoms with van der Waals surface area (Å²) in [6.45, 7) is 8.56. The van der Waals surface area contributed by atoms with Crippen molar-refractivity contribution in [3.8, 4) is 0 Å². The molecule has 0 aliphatic rings. The number of nitrogens with zero attached hydrogens (tertiary/aromatic N) is 2. The lowest BCUT2D eigenvalue weighted by Crippen LogP contribution is -2.43. The fraction of sp³-hybridized carbons (Fsp3) is 0.556. The van der Waals surface area contributed by atoms with E-state index in [0.717, 1.165) is 5.69 Å². The minimum atomic E-state index is -0.524. The topological polar surface area (TPSA) is 117 Å². The second-order valence-electron chi connectivity index (χ2n) is 6.82. The first-order valence-electron chi connectivity index (χ1n) is 8.84. The lowest BCUT2D eigenvalue weighted by molar-refractivity contribution is -0.116. The molecule has 4 N–H and O–H groups in total. The van der Waals surface area contributed by atoms with E-state index in [-0.39, 0.29) is 12.3 Å². The van der Waals surface area contributed by atoms with Gasteiger partial charge in [-0.05, 0) is 39.8 Å². The van der Waals surface area contributed by atoms with Gasteiger partial charge in [0.25, 0.3) is 0 Å². The molecule has 1 heterocycles. The summed E-state index contributed by atoms with van der Waals surface area (Å²) in [7, 11) is 1.63. The summed E-state index contributed by atoms with van der Waals surface area (Å²) in [6, 6.07) is 5.45. The Kier molecular flexibility index (Phi) is 9.04. The van der Waals surface area contributed by atoms with Gasteiger partial charge in [0, 0.05) is 38.8 Å². The van der Waals surface area contributed by atoms with Crippen molar-refractivity contribution in [2.45, 2.75) is 39.7 Å². The second-order valence-corrected chi connectivity index (χ2v) is 6.82. The van der Waals surface area contributed by atoms with Crippen LogP contribution < -0.4 is 21.3 Å². The summed E-state index contributed by atoms with van der Waals surface area (Å²) >= 11 is 0. The lowest BCUT2D eigenvalue weighted by atomic mass is 10.2. The van der Waals surface area contributed by atoms with E-state index in [9.17, 15) is 9.59 Å². The van der Waals surface area contributed by atoms with E-state index < -0.39 is 11.7 Å². The van der Waals surface area contributed by atoms with Crippen LogP contribution in [0.4, 0.5) is 10.6 Å². The van der Waals surface area contributed by atoms with Gasteiger partial charge >= 0.3 is 6.09 Å². The van der Waals surface area contributed by atoms with Gasteiger partial charge in [-0.1, -0.05) is 6.07 Å². The molecule has 0 unspecified atom stereocenters. The average molecular weight is 378 g/mol. The minimum Gasteiger partial charge on any atom is -0.444 e. The Morgan fingerprint density at radius 1 is 1.11 bits per heavy atom.